The van der Waals surface area contributed by atoms with Crippen molar-refractivity contribution in [2.45, 2.75) is 30.4 Å². The molecule has 0 saturated carbocycles. The molecule has 23 heavy (non-hydrogen) atoms. The molecular weight excluding hydrogens is 303 g/mol. The van der Waals surface area contributed by atoms with Crippen molar-refractivity contribution in [3.05, 3.63) is 30.2 Å². The van der Waals surface area contributed by atoms with Crippen LogP contribution >= 0.6 is 0 Å². The Morgan fingerprint density at radius 3 is 3.00 bits per heavy atom. The summed E-state index contributed by atoms with van der Waals surface area (Å²) in [7, 11) is 1.41. The summed E-state index contributed by atoms with van der Waals surface area (Å²) in [6, 6.07) is 5.09. The van der Waals surface area contributed by atoms with Crippen LogP contribution in [0.25, 0.3) is 5.52 Å². The highest BCUT2D eigenvalue weighted by atomic mass is 19.1. The molecule has 1 aliphatic rings. The molecule has 122 valence electrons. The Balaban J connectivity index is 2.21. The molecule has 0 unspecified atom stereocenters. The van der Waals surface area contributed by atoms with Crippen LogP contribution in [0.4, 0.5) is 10.2 Å². The maximum atomic E-state index is 15.4. The normalized spacial score (nSPS) is 33.9. The van der Waals surface area contributed by atoms with Gasteiger partial charge in [0.1, 0.15) is 24.1 Å². The van der Waals surface area contributed by atoms with E-state index in [4.69, 9.17) is 15.2 Å². The van der Waals surface area contributed by atoms with Crippen molar-refractivity contribution in [2.75, 3.05) is 19.5 Å². The minimum absolute atomic E-state index is 0.0306. The van der Waals surface area contributed by atoms with Crippen LogP contribution in [-0.4, -0.2) is 46.1 Å². The lowest BCUT2D eigenvalue weighted by Crippen LogP contribution is -2.48. The molecule has 0 aliphatic carbocycles. The van der Waals surface area contributed by atoms with Crippen LogP contribution in [0.3, 0.4) is 0 Å². The van der Waals surface area contributed by atoms with Crippen LogP contribution in [0.2, 0.25) is 0 Å². The zero-order valence-corrected chi connectivity index (χ0v) is 12.7. The second-order valence-electron chi connectivity index (χ2n) is 5.71. The minimum atomic E-state index is -2.34. The second kappa shape index (κ2) is 5.16. The smallest absolute Gasteiger partial charge is 0.231 e. The predicted molar refractivity (Wildman–Crippen MR) is 79.2 cm³/mol. The van der Waals surface area contributed by atoms with Gasteiger partial charge in [0.25, 0.3) is 0 Å². The quantitative estimate of drug-likeness (QED) is 0.865. The maximum absolute atomic E-state index is 15.4. The van der Waals surface area contributed by atoms with Gasteiger partial charge in [0.15, 0.2) is 5.67 Å². The first-order chi connectivity index (χ1) is 10.9. The van der Waals surface area contributed by atoms with Crippen molar-refractivity contribution in [1.82, 2.24) is 9.38 Å². The number of hydrogen-bond donors (Lipinski definition) is 2. The van der Waals surface area contributed by atoms with Gasteiger partial charge in [0.2, 0.25) is 5.60 Å². The van der Waals surface area contributed by atoms with E-state index in [1.165, 1.54) is 13.3 Å². The van der Waals surface area contributed by atoms with E-state index in [1.807, 2.05) is 6.07 Å². The number of alkyl halides is 1. The highest BCUT2D eigenvalue weighted by Crippen LogP contribution is 2.49. The van der Waals surface area contributed by atoms with Gasteiger partial charge in [-0.2, -0.15) is 5.26 Å². The van der Waals surface area contributed by atoms with Crippen molar-refractivity contribution in [1.29, 1.82) is 5.26 Å². The van der Waals surface area contributed by atoms with Crippen molar-refractivity contribution >= 4 is 11.3 Å². The molecule has 3 N–H and O–H groups in total. The number of hydrogen-bond acceptors (Lipinski definition) is 6. The number of rotatable bonds is 3. The van der Waals surface area contributed by atoms with Crippen LogP contribution in [0, 0.1) is 11.3 Å². The fourth-order valence-electron chi connectivity index (χ4n) is 3.11. The third kappa shape index (κ3) is 1.94. The van der Waals surface area contributed by atoms with Crippen LogP contribution in [0.1, 0.15) is 12.6 Å². The average molecular weight is 320 g/mol. The molecule has 1 aliphatic heterocycles. The predicted octanol–water partition coefficient (Wildman–Crippen LogP) is 0.770. The summed E-state index contributed by atoms with van der Waals surface area (Å²) >= 11 is 0. The Hall–Kier alpha value is -2.21. The first kappa shape index (κ1) is 15.7. The minimum Gasteiger partial charge on any atom is -0.387 e. The molecule has 3 heterocycles. The zero-order valence-electron chi connectivity index (χ0n) is 12.7. The van der Waals surface area contributed by atoms with Crippen molar-refractivity contribution in [2.24, 2.45) is 0 Å². The summed E-state index contributed by atoms with van der Waals surface area (Å²) in [4.78, 5) is 3.96. The van der Waals surface area contributed by atoms with Gasteiger partial charge in [-0.3, -0.25) is 0 Å². The molecule has 0 spiro atoms. The summed E-state index contributed by atoms with van der Waals surface area (Å²) in [5.74, 6) is 0.249. The van der Waals surface area contributed by atoms with E-state index in [-0.39, 0.29) is 18.1 Å². The number of ether oxygens (including phenoxy) is 2. The van der Waals surface area contributed by atoms with E-state index in [0.29, 0.717) is 5.52 Å². The van der Waals surface area contributed by atoms with Gasteiger partial charge in [-0.25, -0.2) is 9.37 Å². The number of nitrogen functional groups attached to an aromatic ring is 1. The van der Waals surface area contributed by atoms with Crippen LogP contribution in [-0.2, 0) is 15.1 Å². The number of nitrogens with two attached hydrogens (primary N) is 1. The van der Waals surface area contributed by atoms with Gasteiger partial charge in [-0.05, 0) is 19.1 Å². The molecule has 3 rings (SSSR count). The molecule has 0 amide bonds. The summed E-state index contributed by atoms with van der Waals surface area (Å²) in [6.45, 7) is 1.12. The van der Waals surface area contributed by atoms with E-state index >= 15 is 4.39 Å². The zero-order chi connectivity index (χ0) is 16.8. The van der Waals surface area contributed by atoms with Crippen LogP contribution in [0.15, 0.2) is 24.5 Å². The Morgan fingerprint density at radius 1 is 1.61 bits per heavy atom. The molecule has 2 aromatic rings. The molecule has 2 aromatic heterocycles. The number of nitriles is 1. The molecule has 7 nitrogen and oxygen atoms in total. The van der Waals surface area contributed by atoms with Crippen LogP contribution in [0.5, 0.6) is 0 Å². The second-order valence-corrected chi connectivity index (χ2v) is 5.71. The molecule has 0 aromatic carbocycles. The summed E-state index contributed by atoms with van der Waals surface area (Å²) in [5.41, 5.74) is 2.25. The number of aliphatic hydroxyl groups is 1. The number of anilines is 1. The van der Waals surface area contributed by atoms with Gasteiger partial charge in [0.05, 0.1) is 17.8 Å². The Morgan fingerprint density at radius 2 is 2.35 bits per heavy atom. The third-order valence-corrected chi connectivity index (χ3v) is 4.38. The van der Waals surface area contributed by atoms with Gasteiger partial charge >= 0.3 is 0 Å². The maximum Gasteiger partial charge on any atom is 0.231 e. The van der Waals surface area contributed by atoms with Gasteiger partial charge < -0.3 is 24.7 Å². The molecule has 0 bridgehead atoms. The topological polar surface area (TPSA) is 106 Å². The standard InChI is InChI=1S/C15H17FN4O3/c1-14(16)12(21)10(7-22-2)23-15(14,8-17)11-4-3-9-13(18)19-5-6-20(9)11/h3-6,10,12,21H,7H2,1-2H3,(H2,18,19)/t10-,12-,14-,15+/m1/s1. The van der Waals surface area contributed by atoms with Crippen LogP contribution < -0.4 is 5.73 Å². The third-order valence-electron chi connectivity index (χ3n) is 4.38. The Bertz CT molecular complexity index is 785. The molecule has 1 fully saturated rings. The number of aliphatic hydroxyl groups excluding tert-OH is 1. The fraction of sp³-hybridized carbons (Fsp3) is 0.467. The molecule has 1 saturated heterocycles. The average Bonchev–Trinajstić information content (AvgIpc) is 3.03. The van der Waals surface area contributed by atoms with Gasteiger partial charge in [0, 0.05) is 19.5 Å². The van der Waals surface area contributed by atoms with Gasteiger partial charge in [-0.1, -0.05) is 0 Å². The lowest BCUT2D eigenvalue weighted by atomic mass is 9.82. The van der Waals surface area contributed by atoms with Crippen molar-refractivity contribution in [3.8, 4) is 6.07 Å². The first-order valence-electron chi connectivity index (χ1n) is 7.06. The SMILES string of the molecule is COC[C@H]1O[C@@](C#N)(c2ccc3c(N)nccn23)[C@](C)(F)[C@@H]1O. The number of nitrogens with zero attached hydrogens (tertiary/aromatic N) is 3. The van der Waals surface area contributed by atoms with E-state index in [1.54, 1.807) is 22.7 Å². The fourth-order valence-corrected chi connectivity index (χ4v) is 3.11. The largest absolute Gasteiger partial charge is 0.387 e. The lowest BCUT2D eigenvalue weighted by molar-refractivity contribution is -0.0756. The van der Waals surface area contributed by atoms with Gasteiger partial charge in [-0.15, -0.1) is 0 Å². The Labute approximate surface area is 132 Å². The Kier molecular flexibility index (Phi) is 3.52. The van der Waals surface area contributed by atoms with Crippen molar-refractivity contribution < 1.29 is 19.0 Å². The number of fused-ring (bicyclic) bond motifs is 1. The van der Waals surface area contributed by atoms with E-state index in [2.05, 4.69) is 4.98 Å². The number of aromatic nitrogens is 2. The molecular formula is C15H17FN4O3. The lowest BCUT2D eigenvalue weighted by Gasteiger charge is -2.31. The summed E-state index contributed by atoms with van der Waals surface area (Å²) < 4.78 is 27.5. The molecule has 8 heteroatoms. The summed E-state index contributed by atoms with van der Waals surface area (Å²) in [6.07, 6.45) is 0.548. The van der Waals surface area contributed by atoms with E-state index in [0.717, 1.165) is 6.92 Å². The highest BCUT2D eigenvalue weighted by Gasteiger charge is 2.66. The number of halogens is 1. The highest BCUT2D eigenvalue weighted by molar-refractivity contribution is 5.67. The van der Waals surface area contributed by atoms with E-state index in [9.17, 15) is 10.4 Å². The first-order valence-corrected chi connectivity index (χ1v) is 7.06. The monoisotopic (exact) mass is 320 g/mol. The van der Waals surface area contributed by atoms with Crippen molar-refractivity contribution in [3.63, 3.8) is 0 Å². The molecule has 0 radical (unpaired) electrons. The summed E-state index contributed by atoms with van der Waals surface area (Å²) in [5, 5.41) is 20.0. The number of methoxy groups -OCH3 is 1. The van der Waals surface area contributed by atoms with E-state index < -0.39 is 23.5 Å². The molecule has 4 atom stereocenters.